The smallest absolute Gasteiger partial charge is 0.319 e. The third-order valence-electron chi connectivity index (χ3n) is 4.45. The molecular formula is C21H22BrN3O4. The highest BCUT2D eigenvalue weighted by molar-refractivity contribution is 9.10. The number of anilines is 1. The molecule has 0 heterocycles. The van der Waals surface area contributed by atoms with Gasteiger partial charge < -0.3 is 20.7 Å². The Kier molecular flexibility index (Phi) is 6.87. The van der Waals surface area contributed by atoms with Crippen molar-refractivity contribution in [3.8, 4) is 0 Å². The highest BCUT2D eigenvalue weighted by Gasteiger charge is 2.23. The van der Waals surface area contributed by atoms with Gasteiger partial charge in [0.25, 0.3) is 5.91 Å². The fraction of sp³-hybridized carbons (Fsp3) is 0.286. The maximum Gasteiger partial charge on any atom is 0.319 e. The second-order valence-electron chi connectivity index (χ2n) is 6.81. The van der Waals surface area contributed by atoms with Gasteiger partial charge in [0.2, 0.25) is 0 Å². The molecule has 0 bridgehead atoms. The van der Waals surface area contributed by atoms with Crippen molar-refractivity contribution < 1.29 is 19.1 Å². The van der Waals surface area contributed by atoms with Crippen LogP contribution in [0.1, 0.15) is 41.2 Å². The van der Waals surface area contributed by atoms with Crippen LogP contribution in [0.4, 0.5) is 10.5 Å². The molecular weight excluding hydrogens is 438 g/mol. The Hall–Kier alpha value is -2.87. The number of carbonyl (C=O) groups excluding carboxylic acids is 3. The predicted molar refractivity (Wildman–Crippen MR) is 113 cm³/mol. The molecule has 0 spiro atoms. The molecule has 0 aliphatic heterocycles. The molecule has 3 amide bonds. The molecule has 3 N–H and O–H groups in total. The Labute approximate surface area is 177 Å². The molecule has 152 valence electrons. The zero-order chi connectivity index (χ0) is 20.8. The van der Waals surface area contributed by atoms with E-state index in [1.54, 1.807) is 24.3 Å². The second-order valence-corrected chi connectivity index (χ2v) is 7.73. The molecule has 1 saturated carbocycles. The van der Waals surface area contributed by atoms with Crippen molar-refractivity contribution in [3.05, 3.63) is 64.1 Å². The zero-order valence-electron chi connectivity index (χ0n) is 15.9. The maximum atomic E-state index is 12.8. The van der Waals surface area contributed by atoms with E-state index in [4.69, 9.17) is 4.74 Å². The number of ether oxygens (including phenoxy) is 1. The summed E-state index contributed by atoms with van der Waals surface area (Å²) in [7, 11) is 1.31. The van der Waals surface area contributed by atoms with Crippen LogP contribution in [0.15, 0.2) is 53.0 Å². The van der Waals surface area contributed by atoms with Gasteiger partial charge in [-0.2, -0.15) is 0 Å². The van der Waals surface area contributed by atoms with Gasteiger partial charge in [-0.25, -0.2) is 4.79 Å². The van der Waals surface area contributed by atoms with Crippen molar-refractivity contribution in [2.45, 2.75) is 31.3 Å². The SMILES string of the molecule is COC(=O)CC(NC(=O)c1cccc(NC(=O)NC2CC2)c1)c1cccc(Br)c1. The van der Waals surface area contributed by atoms with Crippen LogP contribution in [0.5, 0.6) is 0 Å². The Bertz CT molecular complexity index is 914. The normalized spacial score (nSPS) is 13.9. The molecule has 8 heteroatoms. The third-order valence-corrected chi connectivity index (χ3v) is 4.94. The lowest BCUT2D eigenvalue weighted by atomic mass is 10.0. The molecule has 3 rings (SSSR count). The van der Waals surface area contributed by atoms with E-state index in [9.17, 15) is 14.4 Å². The van der Waals surface area contributed by atoms with Crippen molar-refractivity contribution in [1.29, 1.82) is 0 Å². The minimum absolute atomic E-state index is 0.000425. The summed E-state index contributed by atoms with van der Waals surface area (Å²) in [6, 6.07) is 13.4. The van der Waals surface area contributed by atoms with E-state index in [0.717, 1.165) is 22.9 Å². The zero-order valence-corrected chi connectivity index (χ0v) is 17.5. The van der Waals surface area contributed by atoms with Crippen LogP contribution < -0.4 is 16.0 Å². The Morgan fingerprint density at radius 1 is 1.14 bits per heavy atom. The summed E-state index contributed by atoms with van der Waals surface area (Å²) in [6.07, 6.45) is 1.99. The van der Waals surface area contributed by atoms with Crippen molar-refractivity contribution in [1.82, 2.24) is 10.6 Å². The molecule has 0 saturated heterocycles. The summed E-state index contributed by atoms with van der Waals surface area (Å²) in [5, 5.41) is 8.44. The minimum Gasteiger partial charge on any atom is -0.469 e. The molecule has 1 unspecified atom stereocenters. The number of halogens is 1. The van der Waals surface area contributed by atoms with Crippen LogP contribution in [0.2, 0.25) is 0 Å². The van der Waals surface area contributed by atoms with Crippen molar-refractivity contribution in [2.24, 2.45) is 0 Å². The molecule has 1 aliphatic rings. The van der Waals surface area contributed by atoms with E-state index in [2.05, 4.69) is 31.9 Å². The minimum atomic E-state index is -0.553. The van der Waals surface area contributed by atoms with Crippen LogP contribution in [0.3, 0.4) is 0 Å². The summed E-state index contributed by atoms with van der Waals surface area (Å²) in [5.41, 5.74) is 1.66. The molecule has 2 aromatic carbocycles. The van der Waals surface area contributed by atoms with Crippen LogP contribution in [0.25, 0.3) is 0 Å². The van der Waals surface area contributed by atoms with Crippen LogP contribution in [0, 0.1) is 0 Å². The Balaban J connectivity index is 1.72. The van der Waals surface area contributed by atoms with Gasteiger partial charge in [-0.05, 0) is 48.7 Å². The second kappa shape index (κ2) is 9.56. The van der Waals surface area contributed by atoms with Crippen LogP contribution in [-0.4, -0.2) is 31.1 Å². The van der Waals surface area contributed by atoms with E-state index < -0.39 is 12.0 Å². The number of urea groups is 1. The topological polar surface area (TPSA) is 96.5 Å². The molecule has 7 nitrogen and oxygen atoms in total. The summed E-state index contributed by atoms with van der Waals surface area (Å²) in [4.78, 5) is 36.5. The van der Waals surface area contributed by atoms with E-state index in [0.29, 0.717) is 11.3 Å². The number of esters is 1. The first kappa shape index (κ1) is 20.9. The number of methoxy groups -OCH3 is 1. The molecule has 0 radical (unpaired) electrons. The summed E-state index contributed by atoms with van der Waals surface area (Å²) >= 11 is 3.40. The van der Waals surface area contributed by atoms with Gasteiger partial charge in [0.15, 0.2) is 0 Å². The summed E-state index contributed by atoms with van der Waals surface area (Å²) < 4.78 is 5.60. The number of rotatable bonds is 7. The maximum absolute atomic E-state index is 12.8. The van der Waals surface area contributed by atoms with Gasteiger partial charge in [-0.3, -0.25) is 9.59 Å². The molecule has 1 aliphatic carbocycles. The van der Waals surface area contributed by atoms with Crippen LogP contribution in [-0.2, 0) is 9.53 Å². The van der Waals surface area contributed by atoms with E-state index in [-0.39, 0.29) is 24.4 Å². The lowest BCUT2D eigenvalue weighted by Crippen LogP contribution is -2.31. The number of hydrogen-bond acceptors (Lipinski definition) is 4. The first-order valence-electron chi connectivity index (χ1n) is 9.25. The predicted octanol–water partition coefficient (Wildman–Crippen LogP) is 3.77. The third kappa shape index (κ3) is 6.32. The number of carbonyl (C=O) groups is 3. The first-order chi connectivity index (χ1) is 13.9. The number of benzene rings is 2. The molecule has 1 fully saturated rings. The Morgan fingerprint density at radius 2 is 1.90 bits per heavy atom. The lowest BCUT2D eigenvalue weighted by Gasteiger charge is -2.19. The number of nitrogens with one attached hydrogen (secondary N) is 3. The number of amides is 3. The van der Waals surface area contributed by atoms with Crippen molar-refractivity contribution in [2.75, 3.05) is 12.4 Å². The largest absolute Gasteiger partial charge is 0.469 e. The molecule has 2 aromatic rings. The quantitative estimate of drug-likeness (QED) is 0.549. The van der Waals surface area contributed by atoms with E-state index in [1.165, 1.54) is 7.11 Å². The average Bonchev–Trinajstić information content (AvgIpc) is 3.51. The van der Waals surface area contributed by atoms with Crippen molar-refractivity contribution >= 4 is 39.5 Å². The molecule has 1 atom stereocenters. The average molecular weight is 460 g/mol. The van der Waals surface area contributed by atoms with Gasteiger partial charge >= 0.3 is 12.0 Å². The fourth-order valence-electron chi connectivity index (χ4n) is 2.79. The highest BCUT2D eigenvalue weighted by Crippen LogP contribution is 2.23. The van der Waals surface area contributed by atoms with Gasteiger partial charge in [-0.15, -0.1) is 0 Å². The highest BCUT2D eigenvalue weighted by atomic mass is 79.9. The lowest BCUT2D eigenvalue weighted by molar-refractivity contribution is -0.141. The van der Waals surface area contributed by atoms with Crippen LogP contribution >= 0.6 is 15.9 Å². The van der Waals surface area contributed by atoms with Crippen molar-refractivity contribution in [3.63, 3.8) is 0 Å². The fourth-order valence-corrected chi connectivity index (χ4v) is 3.20. The summed E-state index contributed by atoms with van der Waals surface area (Å²) in [5.74, 6) is -0.785. The monoisotopic (exact) mass is 459 g/mol. The van der Waals surface area contributed by atoms with Gasteiger partial charge in [0, 0.05) is 21.8 Å². The standard InChI is InChI=1S/C21H22BrN3O4/c1-29-19(26)12-18(13-4-2-6-15(22)10-13)25-20(27)14-5-3-7-17(11-14)24-21(28)23-16-8-9-16/h2-7,10-11,16,18H,8-9,12H2,1H3,(H,25,27)(H2,23,24,28). The van der Waals surface area contributed by atoms with E-state index >= 15 is 0 Å². The van der Waals surface area contributed by atoms with Gasteiger partial charge in [-0.1, -0.05) is 34.1 Å². The molecule has 0 aromatic heterocycles. The van der Waals surface area contributed by atoms with Gasteiger partial charge in [0.1, 0.15) is 0 Å². The number of hydrogen-bond donors (Lipinski definition) is 3. The summed E-state index contributed by atoms with van der Waals surface area (Å²) in [6.45, 7) is 0. The van der Waals surface area contributed by atoms with Gasteiger partial charge in [0.05, 0.1) is 19.6 Å². The molecule has 29 heavy (non-hydrogen) atoms. The van der Waals surface area contributed by atoms with E-state index in [1.807, 2.05) is 24.3 Å². The first-order valence-corrected chi connectivity index (χ1v) is 10.0. The Morgan fingerprint density at radius 3 is 2.59 bits per heavy atom.